The van der Waals surface area contributed by atoms with Crippen LogP contribution in [-0.4, -0.2) is 145 Å². The van der Waals surface area contributed by atoms with Crippen molar-refractivity contribution >= 4 is 65.4 Å². The van der Waals surface area contributed by atoms with Crippen LogP contribution in [0.1, 0.15) is 25.7 Å². The van der Waals surface area contributed by atoms with Gasteiger partial charge in [0.15, 0.2) is 0 Å². The van der Waals surface area contributed by atoms with E-state index in [1.807, 2.05) is 0 Å². The summed E-state index contributed by atoms with van der Waals surface area (Å²) in [4.78, 5) is 107. The first kappa shape index (κ1) is 60.2. The minimum Gasteiger partial charge on any atom is -0.480 e. The Bertz CT molecular complexity index is 962. The molecule has 0 radical (unpaired) electrons. The van der Waals surface area contributed by atoms with Gasteiger partial charge in [-0.1, -0.05) is 0 Å². The van der Waals surface area contributed by atoms with E-state index in [9.17, 15) is 52.7 Å². The van der Waals surface area contributed by atoms with Gasteiger partial charge < -0.3 is 98.8 Å². The molecular formula is C22H47N11O18. The van der Waals surface area contributed by atoms with Gasteiger partial charge in [-0.3, -0.25) is 52.7 Å². The lowest BCUT2D eigenvalue weighted by Gasteiger charge is -1.99. The first-order valence-corrected chi connectivity index (χ1v) is 12.8. The van der Waals surface area contributed by atoms with Crippen molar-refractivity contribution < 1.29 is 88.5 Å². The minimum absolute atomic E-state index is 0.278. The molecule has 0 aliphatic rings. The van der Waals surface area contributed by atoms with Crippen LogP contribution >= 0.6 is 0 Å². The molecule has 51 heavy (non-hydrogen) atoms. The molecule has 29 N–H and O–H groups in total. The molecular weight excluding hydrogens is 706 g/mol. The summed E-state index contributed by atoms with van der Waals surface area (Å²) in [5.74, 6) is -10.6. The average molecular weight is 754 g/mol. The number of nitrogens with two attached hydrogens (primary N) is 11. The number of amides is 4. The third-order valence-electron chi connectivity index (χ3n) is 3.48. The number of carboxylic acid groups (broad SMARTS) is 7. The van der Waals surface area contributed by atoms with Crippen molar-refractivity contribution in [2.24, 2.45) is 63.1 Å². The predicted octanol–water partition coefficient (Wildman–Crippen LogP) is -9.82. The Balaban J connectivity index is -0.0000000900. The molecule has 0 rings (SSSR count). The summed E-state index contributed by atoms with van der Waals surface area (Å²) in [5, 5.41) is 55.2. The van der Waals surface area contributed by atoms with Gasteiger partial charge in [0.25, 0.3) is 0 Å². The van der Waals surface area contributed by atoms with Gasteiger partial charge in [-0.2, -0.15) is 0 Å². The van der Waals surface area contributed by atoms with Crippen LogP contribution in [0.3, 0.4) is 0 Å². The van der Waals surface area contributed by atoms with Crippen molar-refractivity contribution in [1.29, 1.82) is 0 Å². The molecule has 0 aromatic carbocycles. The lowest BCUT2D eigenvalue weighted by Crippen LogP contribution is -2.34. The summed E-state index contributed by atoms with van der Waals surface area (Å²) in [6.07, 6.45) is -1.24. The summed E-state index contributed by atoms with van der Waals surface area (Å²) in [6.45, 7) is -0.833. The maximum Gasteiger partial charge on any atom is 0.321 e. The second kappa shape index (κ2) is 38.3. The van der Waals surface area contributed by atoms with Gasteiger partial charge in [0, 0.05) is 0 Å². The Morgan fingerprint density at radius 3 is 0.451 bits per heavy atom. The molecule has 0 aromatic rings. The summed E-state index contributed by atoms with van der Waals surface area (Å²) < 4.78 is 0. The van der Waals surface area contributed by atoms with Crippen LogP contribution in [0.15, 0.2) is 0 Å². The number of hydrogen-bond donors (Lipinski definition) is 18. The molecule has 0 saturated heterocycles. The second-order valence-corrected chi connectivity index (χ2v) is 8.25. The lowest BCUT2D eigenvalue weighted by atomic mass is 10.2. The van der Waals surface area contributed by atoms with Gasteiger partial charge in [-0.25, -0.2) is 0 Å². The predicted molar refractivity (Wildman–Crippen MR) is 168 cm³/mol. The van der Waals surface area contributed by atoms with Gasteiger partial charge in [-0.05, 0) is 0 Å². The average Bonchev–Trinajstić information content (AvgIpc) is 2.97. The number of hydrogen-bond acceptors (Lipinski definition) is 18. The van der Waals surface area contributed by atoms with Crippen molar-refractivity contribution in [2.75, 3.05) is 19.6 Å². The Hall–Kier alpha value is -6.11. The van der Waals surface area contributed by atoms with E-state index in [-0.39, 0.29) is 45.3 Å². The van der Waals surface area contributed by atoms with E-state index in [0.29, 0.717) is 0 Å². The fourth-order valence-corrected chi connectivity index (χ4v) is 1.22. The number of carbonyl (C=O) groups excluding carboxylic acids is 4. The van der Waals surface area contributed by atoms with Crippen molar-refractivity contribution in [1.82, 2.24) is 0 Å². The molecule has 0 heterocycles. The maximum absolute atomic E-state index is 9.99. The molecule has 0 bridgehead atoms. The van der Waals surface area contributed by atoms with E-state index in [1.165, 1.54) is 0 Å². The number of aliphatic carboxylic acids is 7. The van der Waals surface area contributed by atoms with Crippen LogP contribution in [0, 0.1) is 0 Å². The number of carboxylic acids is 7. The lowest BCUT2D eigenvalue weighted by molar-refractivity contribution is -0.140. The molecule has 0 aromatic heterocycles. The monoisotopic (exact) mass is 753 g/mol. The van der Waals surface area contributed by atoms with E-state index in [1.54, 1.807) is 0 Å². The second-order valence-electron chi connectivity index (χ2n) is 8.25. The number of rotatable bonds is 15. The highest BCUT2D eigenvalue weighted by molar-refractivity contribution is 5.84. The SMILES string of the molecule is NC(=O)CC(N)C(=O)O.NC(=O)CC(N)C(=O)O.NC(=O)CC(N)C(=O)O.NC(=O)CC(N)C(=O)O.NCC(=O)O.NCC(=O)O.NCC(=O)O. The van der Waals surface area contributed by atoms with Gasteiger partial charge in [0.05, 0.1) is 45.3 Å². The van der Waals surface area contributed by atoms with Gasteiger partial charge in [0.1, 0.15) is 24.2 Å². The number of primary amides is 4. The molecule has 4 atom stereocenters. The van der Waals surface area contributed by atoms with Gasteiger partial charge in [0.2, 0.25) is 23.6 Å². The Kier molecular flexibility index (Phi) is 45.3. The molecule has 0 fully saturated rings. The minimum atomic E-state index is -1.21. The normalized spacial score (nSPS) is 11.0. The molecule has 298 valence electrons. The van der Waals surface area contributed by atoms with Crippen LogP contribution < -0.4 is 63.1 Å². The molecule has 29 nitrogen and oxygen atoms in total. The van der Waals surface area contributed by atoms with Crippen molar-refractivity contribution in [3.8, 4) is 0 Å². The molecule has 0 aliphatic heterocycles. The third kappa shape index (κ3) is 75.7. The van der Waals surface area contributed by atoms with Gasteiger partial charge >= 0.3 is 41.8 Å². The van der Waals surface area contributed by atoms with Crippen molar-refractivity contribution in [3.05, 3.63) is 0 Å². The first-order valence-electron chi connectivity index (χ1n) is 12.8. The standard InChI is InChI=1S/4C4H8N2O3.3C2H5NO2/c4*5-2(4(8)9)1-3(6)7;3*3-1-2(4)5/h4*2H,1,5H2,(H2,6,7)(H,8,9);3*1,3H2,(H,4,5). The highest BCUT2D eigenvalue weighted by Crippen LogP contribution is 1.86. The highest BCUT2D eigenvalue weighted by atomic mass is 16.4. The van der Waals surface area contributed by atoms with Crippen LogP contribution in [0.2, 0.25) is 0 Å². The van der Waals surface area contributed by atoms with E-state index in [4.69, 9.17) is 58.7 Å². The molecule has 29 heteroatoms. The zero-order valence-corrected chi connectivity index (χ0v) is 26.7. The summed E-state index contributed by atoms with van der Waals surface area (Å²) in [6, 6.07) is -4.66. The zero-order valence-electron chi connectivity index (χ0n) is 26.7. The van der Waals surface area contributed by atoms with Crippen LogP contribution in [0.5, 0.6) is 0 Å². The van der Waals surface area contributed by atoms with Crippen LogP contribution in [0.4, 0.5) is 0 Å². The van der Waals surface area contributed by atoms with Crippen LogP contribution in [-0.2, 0) is 52.7 Å². The van der Waals surface area contributed by atoms with Gasteiger partial charge in [-0.15, -0.1) is 0 Å². The largest absolute Gasteiger partial charge is 0.480 e. The summed E-state index contributed by atoms with van der Waals surface area (Å²) in [7, 11) is 0. The smallest absolute Gasteiger partial charge is 0.321 e. The van der Waals surface area contributed by atoms with Crippen molar-refractivity contribution in [3.63, 3.8) is 0 Å². The van der Waals surface area contributed by atoms with E-state index in [0.717, 1.165) is 0 Å². The topological polar surface area (TPSA) is 616 Å². The molecule has 4 amide bonds. The third-order valence-corrected chi connectivity index (χ3v) is 3.48. The summed E-state index contributed by atoms with van der Waals surface area (Å²) in [5.41, 5.74) is 52.0. The number of carbonyl (C=O) groups is 11. The Morgan fingerprint density at radius 1 is 0.333 bits per heavy atom. The zero-order chi connectivity index (χ0) is 42.6. The quantitative estimate of drug-likeness (QED) is 0.0738. The fraction of sp³-hybridized carbons (Fsp3) is 0.500. The molecule has 0 aliphatic carbocycles. The first-order chi connectivity index (χ1) is 23.0. The molecule has 4 unspecified atom stereocenters. The highest BCUT2D eigenvalue weighted by Gasteiger charge is 2.15. The molecule has 0 spiro atoms. The van der Waals surface area contributed by atoms with Crippen LogP contribution in [0.25, 0.3) is 0 Å². The Labute approximate surface area is 287 Å². The van der Waals surface area contributed by atoms with E-state index in [2.05, 4.69) is 40.1 Å². The maximum atomic E-state index is 9.99. The summed E-state index contributed by atoms with van der Waals surface area (Å²) >= 11 is 0. The van der Waals surface area contributed by atoms with E-state index < -0.39 is 89.6 Å². The Morgan fingerprint density at radius 2 is 0.431 bits per heavy atom. The van der Waals surface area contributed by atoms with Crippen molar-refractivity contribution in [2.45, 2.75) is 49.9 Å². The fourth-order valence-electron chi connectivity index (χ4n) is 1.22. The molecule has 0 saturated carbocycles. The van der Waals surface area contributed by atoms with E-state index >= 15 is 0 Å².